The summed E-state index contributed by atoms with van der Waals surface area (Å²) in [5.41, 5.74) is -0.735. The minimum atomic E-state index is -0.826. The quantitative estimate of drug-likeness (QED) is 0.810. The fourth-order valence-electron chi connectivity index (χ4n) is 1.19. The Morgan fingerprint density at radius 2 is 1.72 bits per heavy atom. The van der Waals surface area contributed by atoms with Crippen LogP contribution in [0.5, 0.6) is 0 Å². The van der Waals surface area contributed by atoms with Gasteiger partial charge in [-0.2, -0.15) is 15.8 Å². The monoisotopic (exact) mass is 244 g/mol. The van der Waals surface area contributed by atoms with Gasteiger partial charge in [0.1, 0.15) is 35.5 Å². The molecule has 6 heteroatoms. The summed E-state index contributed by atoms with van der Waals surface area (Å²) in [7, 11) is 0. The molecule has 0 heterocycles. The fourth-order valence-corrected chi connectivity index (χ4v) is 1.19. The van der Waals surface area contributed by atoms with Crippen LogP contribution in [0.1, 0.15) is 5.56 Å². The molecule has 1 N–H and O–H groups in total. The summed E-state index contributed by atoms with van der Waals surface area (Å²) in [4.78, 5) is 0. The van der Waals surface area contributed by atoms with E-state index in [0.29, 0.717) is 6.07 Å². The molecule has 0 spiro atoms. The van der Waals surface area contributed by atoms with E-state index < -0.39 is 17.2 Å². The van der Waals surface area contributed by atoms with Crippen LogP contribution < -0.4 is 5.32 Å². The van der Waals surface area contributed by atoms with Crippen molar-refractivity contribution in [3.05, 3.63) is 40.6 Å². The van der Waals surface area contributed by atoms with Gasteiger partial charge in [0.25, 0.3) is 0 Å². The maximum atomic E-state index is 13.3. The number of nitriles is 3. The molecule has 0 aromatic heterocycles. The normalized spacial score (nSPS) is 8.67. The molecule has 0 fully saturated rings. The van der Waals surface area contributed by atoms with Crippen LogP contribution in [0, 0.1) is 52.6 Å². The third-order valence-corrected chi connectivity index (χ3v) is 2.15. The first kappa shape index (κ1) is 13.2. The van der Waals surface area contributed by atoms with Crippen molar-refractivity contribution in [1.82, 2.24) is 0 Å². The van der Waals surface area contributed by atoms with Crippen molar-refractivity contribution < 1.29 is 8.78 Å². The van der Waals surface area contributed by atoms with Crippen LogP contribution in [0.4, 0.5) is 14.5 Å². The van der Waals surface area contributed by atoms with Crippen LogP contribution in [0.25, 0.3) is 0 Å². The van der Waals surface area contributed by atoms with Gasteiger partial charge < -0.3 is 5.32 Å². The molecule has 0 radical (unpaired) electrons. The smallest absolute Gasteiger partial charge is 0.163 e. The third-order valence-electron chi connectivity index (χ3n) is 2.15. The molecule has 1 aromatic rings. The molecule has 0 unspecified atom stereocenters. The molecule has 0 bridgehead atoms. The molecule has 0 amide bonds. The van der Waals surface area contributed by atoms with E-state index in [-0.39, 0.29) is 16.9 Å². The molecule has 4 nitrogen and oxygen atoms in total. The van der Waals surface area contributed by atoms with Gasteiger partial charge in [0.15, 0.2) is 5.57 Å². The summed E-state index contributed by atoms with van der Waals surface area (Å²) >= 11 is 0. The average Bonchev–Trinajstić information content (AvgIpc) is 2.35. The van der Waals surface area contributed by atoms with Crippen molar-refractivity contribution in [2.75, 3.05) is 5.32 Å². The summed E-state index contributed by atoms with van der Waals surface area (Å²) in [5, 5.41) is 28.4. The molecule has 18 heavy (non-hydrogen) atoms. The Kier molecular flexibility index (Phi) is 3.97. The lowest BCUT2D eigenvalue weighted by Crippen LogP contribution is -2.04. The molecule has 88 valence electrons. The van der Waals surface area contributed by atoms with Gasteiger partial charge in [-0.05, 0) is 13.0 Å². The molecular weight excluding hydrogens is 238 g/mol. The van der Waals surface area contributed by atoms with Gasteiger partial charge in [0.05, 0.1) is 0 Å². The van der Waals surface area contributed by atoms with Crippen molar-refractivity contribution in [2.24, 2.45) is 0 Å². The Bertz CT molecular complexity index is 626. The van der Waals surface area contributed by atoms with E-state index in [9.17, 15) is 8.78 Å². The van der Waals surface area contributed by atoms with Gasteiger partial charge in [-0.3, -0.25) is 0 Å². The lowest BCUT2D eigenvalue weighted by atomic mass is 10.1. The maximum Gasteiger partial charge on any atom is 0.163 e. The topological polar surface area (TPSA) is 83.4 Å². The highest BCUT2D eigenvalue weighted by Gasteiger charge is 2.11. The largest absolute Gasteiger partial charge is 0.345 e. The predicted molar refractivity (Wildman–Crippen MR) is 58.6 cm³/mol. The molecule has 0 atom stereocenters. The Balaban J connectivity index is 3.30. The Morgan fingerprint density at radius 3 is 2.22 bits per heavy atom. The Labute approximate surface area is 102 Å². The second-order valence-electron chi connectivity index (χ2n) is 3.27. The summed E-state index contributed by atoms with van der Waals surface area (Å²) in [6.45, 7) is 1.38. The highest BCUT2D eigenvalue weighted by atomic mass is 19.1. The Morgan fingerprint density at radius 1 is 1.11 bits per heavy atom. The number of nitrogens with zero attached hydrogens (tertiary/aromatic N) is 3. The number of halogens is 2. The molecule has 0 aliphatic heterocycles. The minimum absolute atomic E-state index is 0.00736. The average molecular weight is 244 g/mol. The van der Waals surface area contributed by atoms with Crippen LogP contribution in [0.3, 0.4) is 0 Å². The number of nitrogens with one attached hydrogen (secondary N) is 1. The first-order chi connectivity index (χ1) is 8.53. The zero-order valence-electron chi connectivity index (χ0n) is 9.25. The molecule has 1 aromatic carbocycles. The van der Waals surface area contributed by atoms with E-state index in [1.54, 1.807) is 6.07 Å². The summed E-state index contributed by atoms with van der Waals surface area (Å²) in [6.07, 6.45) is 0. The van der Waals surface area contributed by atoms with Crippen molar-refractivity contribution >= 4 is 5.69 Å². The lowest BCUT2D eigenvalue weighted by molar-refractivity contribution is 0.578. The van der Waals surface area contributed by atoms with E-state index in [2.05, 4.69) is 5.32 Å². The van der Waals surface area contributed by atoms with Crippen molar-refractivity contribution in [3.8, 4) is 18.2 Å². The number of rotatable bonds is 2. The summed E-state index contributed by atoms with van der Waals surface area (Å²) in [5.74, 6) is -1.61. The molecule has 0 aliphatic carbocycles. The minimum Gasteiger partial charge on any atom is -0.345 e. The van der Waals surface area contributed by atoms with Gasteiger partial charge in [-0.1, -0.05) is 0 Å². The highest BCUT2D eigenvalue weighted by molar-refractivity contribution is 5.61. The molecule has 0 aliphatic rings. The molecule has 1 rings (SSSR count). The van der Waals surface area contributed by atoms with Crippen molar-refractivity contribution in [1.29, 1.82) is 15.8 Å². The first-order valence-electron chi connectivity index (χ1n) is 4.70. The van der Waals surface area contributed by atoms with Crippen LogP contribution in [0.2, 0.25) is 0 Å². The summed E-state index contributed by atoms with van der Waals surface area (Å²) < 4.78 is 26.3. The van der Waals surface area contributed by atoms with Gasteiger partial charge in [-0.15, -0.1) is 0 Å². The van der Waals surface area contributed by atoms with Gasteiger partial charge in [-0.25, -0.2) is 8.78 Å². The second-order valence-corrected chi connectivity index (χ2v) is 3.27. The SMILES string of the molecule is Cc1c(F)cc(F)cc1NC(C#N)=C(C#N)C#N. The van der Waals surface area contributed by atoms with Gasteiger partial charge >= 0.3 is 0 Å². The fraction of sp³-hybridized carbons (Fsp3) is 0.0833. The van der Waals surface area contributed by atoms with Crippen molar-refractivity contribution in [3.63, 3.8) is 0 Å². The third kappa shape index (κ3) is 2.61. The van der Waals surface area contributed by atoms with E-state index in [0.717, 1.165) is 6.07 Å². The van der Waals surface area contributed by atoms with E-state index in [1.807, 2.05) is 0 Å². The molecule has 0 saturated carbocycles. The van der Waals surface area contributed by atoms with E-state index in [4.69, 9.17) is 15.8 Å². The molecule has 0 saturated heterocycles. The number of anilines is 1. The lowest BCUT2D eigenvalue weighted by Gasteiger charge is -2.09. The Hall–Kier alpha value is -2.91. The number of allylic oxidation sites excluding steroid dienone is 2. The molecular formula is C12H6F2N4. The van der Waals surface area contributed by atoms with Crippen LogP contribution in [-0.2, 0) is 0 Å². The number of hydrogen-bond donors (Lipinski definition) is 1. The zero-order chi connectivity index (χ0) is 13.7. The number of hydrogen-bond acceptors (Lipinski definition) is 4. The standard InChI is InChI=1S/C12H6F2N4/c1-7-10(14)2-9(13)3-11(7)18-12(6-17)8(4-15)5-16/h2-3,18H,1H3. The first-order valence-corrected chi connectivity index (χ1v) is 4.70. The summed E-state index contributed by atoms with van der Waals surface area (Å²) in [6, 6.07) is 6.31. The number of benzene rings is 1. The van der Waals surface area contributed by atoms with Crippen molar-refractivity contribution in [2.45, 2.75) is 6.92 Å². The van der Waals surface area contributed by atoms with Gasteiger partial charge in [0.2, 0.25) is 0 Å². The van der Waals surface area contributed by atoms with Crippen LogP contribution >= 0.6 is 0 Å². The maximum absolute atomic E-state index is 13.3. The van der Waals surface area contributed by atoms with Gasteiger partial charge in [0, 0.05) is 17.3 Å². The zero-order valence-corrected chi connectivity index (χ0v) is 9.25. The van der Waals surface area contributed by atoms with Crippen LogP contribution in [-0.4, -0.2) is 0 Å². The van der Waals surface area contributed by atoms with Crippen LogP contribution in [0.15, 0.2) is 23.4 Å². The highest BCUT2D eigenvalue weighted by Crippen LogP contribution is 2.22. The van der Waals surface area contributed by atoms with E-state index in [1.165, 1.54) is 19.1 Å². The predicted octanol–water partition coefficient (Wildman–Crippen LogP) is 2.51. The van der Waals surface area contributed by atoms with E-state index >= 15 is 0 Å². The second kappa shape index (κ2) is 5.43.